The van der Waals surface area contributed by atoms with E-state index in [1.54, 1.807) is 14.2 Å². The van der Waals surface area contributed by atoms with Crippen molar-refractivity contribution in [1.29, 1.82) is 0 Å². The van der Waals surface area contributed by atoms with E-state index in [1.807, 2.05) is 48.5 Å². The van der Waals surface area contributed by atoms with Gasteiger partial charge in [-0.25, -0.2) is 0 Å². The zero-order chi connectivity index (χ0) is 13.5. The van der Waals surface area contributed by atoms with E-state index in [4.69, 9.17) is 9.47 Å². The van der Waals surface area contributed by atoms with Crippen LogP contribution in [-0.4, -0.2) is 14.2 Å². The molecule has 2 aromatic rings. The third-order valence-electron chi connectivity index (χ3n) is 2.51. The smallest absolute Gasteiger partial charge is 0.119 e. The maximum Gasteiger partial charge on any atom is 0.119 e. The average molecular weight is 257 g/mol. The van der Waals surface area contributed by atoms with Crippen molar-refractivity contribution in [2.24, 2.45) is 10.3 Å². The van der Waals surface area contributed by atoms with Crippen molar-refractivity contribution in [3.05, 3.63) is 48.5 Å². The standard InChI is InChI=1S/C14H15N3O2/c1-18-13-7-3-11(4-8-13)15-17-16-12-5-9-14(19-2)10-6-12/h3-10H,1-2H3,(H,15,16). The van der Waals surface area contributed by atoms with E-state index < -0.39 is 0 Å². The van der Waals surface area contributed by atoms with Crippen molar-refractivity contribution in [2.75, 3.05) is 19.6 Å². The Morgan fingerprint density at radius 2 is 1.32 bits per heavy atom. The lowest BCUT2D eigenvalue weighted by Crippen LogP contribution is -1.87. The number of hydrogen-bond acceptors (Lipinski definition) is 4. The highest BCUT2D eigenvalue weighted by molar-refractivity contribution is 5.46. The number of ether oxygens (including phenoxy) is 2. The molecule has 0 atom stereocenters. The molecule has 1 N–H and O–H groups in total. The van der Waals surface area contributed by atoms with E-state index in [9.17, 15) is 0 Å². The quantitative estimate of drug-likeness (QED) is 0.654. The van der Waals surface area contributed by atoms with Gasteiger partial charge < -0.3 is 9.47 Å². The van der Waals surface area contributed by atoms with Gasteiger partial charge in [-0.15, -0.1) is 5.11 Å². The van der Waals surface area contributed by atoms with E-state index in [2.05, 4.69) is 15.8 Å². The second-order valence-electron chi connectivity index (χ2n) is 3.74. The summed E-state index contributed by atoms with van der Waals surface area (Å²) >= 11 is 0. The van der Waals surface area contributed by atoms with E-state index in [0.717, 1.165) is 22.9 Å². The van der Waals surface area contributed by atoms with Crippen LogP contribution in [0.4, 0.5) is 11.4 Å². The van der Waals surface area contributed by atoms with Gasteiger partial charge in [0.25, 0.3) is 0 Å². The summed E-state index contributed by atoms with van der Waals surface area (Å²) in [5, 5.41) is 7.96. The first-order valence-electron chi connectivity index (χ1n) is 5.76. The highest BCUT2D eigenvalue weighted by atomic mass is 16.5. The molecule has 0 amide bonds. The predicted molar refractivity (Wildman–Crippen MR) is 74.1 cm³/mol. The van der Waals surface area contributed by atoms with Crippen molar-refractivity contribution in [2.45, 2.75) is 0 Å². The number of methoxy groups -OCH3 is 2. The molecule has 0 radical (unpaired) electrons. The van der Waals surface area contributed by atoms with Gasteiger partial charge in [-0.3, -0.25) is 5.43 Å². The molecule has 2 rings (SSSR count). The van der Waals surface area contributed by atoms with Crippen LogP contribution in [0.15, 0.2) is 58.9 Å². The van der Waals surface area contributed by atoms with Crippen molar-refractivity contribution in [3.63, 3.8) is 0 Å². The summed E-state index contributed by atoms with van der Waals surface area (Å²) in [6.07, 6.45) is 0. The molecule has 0 spiro atoms. The fraction of sp³-hybridized carbons (Fsp3) is 0.143. The third kappa shape index (κ3) is 3.70. The second-order valence-corrected chi connectivity index (χ2v) is 3.74. The minimum atomic E-state index is 0.752. The first-order chi connectivity index (χ1) is 9.31. The van der Waals surface area contributed by atoms with Crippen LogP contribution in [0.1, 0.15) is 0 Å². The lowest BCUT2D eigenvalue weighted by Gasteiger charge is -2.01. The van der Waals surface area contributed by atoms with Gasteiger partial charge in [0.15, 0.2) is 0 Å². The number of benzene rings is 2. The van der Waals surface area contributed by atoms with Gasteiger partial charge in [-0.05, 0) is 48.5 Å². The van der Waals surface area contributed by atoms with Crippen LogP contribution in [-0.2, 0) is 0 Å². The molecule has 5 nitrogen and oxygen atoms in total. The Bertz CT molecular complexity index is 536. The summed E-state index contributed by atoms with van der Waals surface area (Å²) < 4.78 is 10.1. The molecule has 0 heterocycles. The normalized spacial score (nSPS) is 10.4. The number of rotatable bonds is 5. The van der Waals surface area contributed by atoms with Crippen LogP contribution in [0.5, 0.6) is 11.5 Å². The van der Waals surface area contributed by atoms with Crippen LogP contribution >= 0.6 is 0 Å². The highest BCUT2D eigenvalue weighted by Gasteiger charge is 1.93. The van der Waals surface area contributed by atoms with Gasteiger partial charge in [-0.1, -0.05) is 5.22 Å². The molecular weight excluding hydrogens is 242 g/mol. The Labute approximate surface area is 111 Å². The van der Waals surface area contributed by atoms with Gasteiger partial charge >= 0.3 is 0 Å². The monoisotopic (exact) mass is 257 g/mol. The van der Waals surface area contributed by atoms with E-state index in [1.165, 1.54) is 0 Å². The molecule has 0 aliphatic heterocycles. The molecule has 5 heteroatoms. The van der Waals surface area contributed by atoms with Gasteiger partial charge in [-0.2, -0.15) is 0 Å². The lowest BCUT2D eigenvalue weighted by atomic mass is 10.3. The Balaban J connectivity index is 1.94. The number of anilines is 1. The van der Waals surface area contributed by atoms with Gasteiger partial charge in [0.1, 0.15) is 11.5 Å². The van der Waals surface area contributed by atoms with Crippen LogP contribution in [0, 0.1) is 0 Å². The molecule has 0 aliphatic carbocycles. The van der Waals surface area contributed by atoms with Crippen LogP contribution in [0.3, 0.4) is 0 Å². The van der Waals surface area contributed by atoms with Gasteiger partial charge in [0.05, 0.1) is 25.6 Å². The molecular formula is C14H15N3O2. The molecule has 0 aromatic heterocycles. The Morgan fingerprint density at radius 1 is 0.789 bits per heavy atom. The number of nitrogens with zero attached hydrogens (tertiary/aromatic N) is 2. The molecule has 0 aliphatic rings. The van der Waals surface area contributed by atoms with Crippen LogP contribution in [0.25, 0.3) is 0 Å². The summed E-state index contributed by atoms with van der Waals surface area (Å²) in [6.45, 7) is 0. The van der Waals surface area contributed by atoms with Gasteiger partial charge in [0.2, 0.25) is 0 Å². The average Bonchev–Trinajstić information content (AvgIpc) is 2.49. The minimum absolute atomic E-state index is 0.752. The zero-order valence-corrected chi connectivity index (χ0v) is 10.8. The Morgan fingerprint density at radius 3 is 1.84 bits per heavy atom. The molecule has 0 bridgehead atoms. The third-order valence-corrected chi connectivity index (χ3v) is 2.51. The Kier molecular flexibility index (Phi) is 4.34. The molecule has 0 saturated carbocycles. The van der Waals surface area contributed by atoms with E-state index in [0.29, 0.717) is 0 Å². The molecule has 98 valence electrons. The van der Waals surface area contributed by atoms with Crippen LogP contribution < -0.4 is 14.9 Å². The summed E-state index contributed by atoms with van der Waals surface area (Å²) in [4.78, 5) is 0. The van der Waals surface area contributed by atoms with E-state index >= 15 is 0 Å². The maximum atomic E-state index is 5.07. The summed E-state index contributed by atoms with van der Waals surface area (Å²) in [5.74, 6) is 1.60. The molecule has 2 aromatic carbocycles. The fourth-order valence-corrected chi connectivity index (χ4v) is 1.45. The second kappa shape index (κ2) is 6.39. The van der Waals surface area contributed by atoms with Gasteiger partial charge in [0, 0.05) is 0 Å². The topological polar surface area (TPSA) is 55.2 Å². The van der Waals surface area contributed by atoms with E-state index in [-0.39, 0.29) is 0 Å². The number of nitrogens with one attached hydrogen (secondary N) is 1. The Hall–Kier alpha value is -2.56. The minimum Gasteiger partial charge on any atom is -0.497 e. The first kappa shape index (κ1) is 12.9. The van der Waals surface area contributed by atoms with Crippen molar-refractivity contribution in [3.8, 4) is 11.5 Å². The van der Waals surface area contributed by atoms with Crippen molar-refractivity contribution < 1.29 is 9.47 Å². The van der Waals surface area contributed by atoms with Crippen molar-refractivity contribution >= 4 is 11.4 Å². The number of hydrogen-bond donors (Lipinski definition) is 1. The summed E-state index contributed by atoms with van der Waals surface area (Å²) in [7, 11) is 3.26. The predicted octanol–water partition coefficient (Wildman–Crippen LogP) is 3.81. The van der Waals surface area contributed by atoms with Crippen molar-refractivity contribution in [1.82, 2.24) is 0 Å². The molecule has 0 saturated heterocycles. The molecule has 19 heavy (non-hydrogen) atoms. The first-order valence-corrected chi connectivity index (χ1v) is 5.76. The zero-order valence-electron chi connectivity index (χ0n) is 10.8. The highest BCUT2D eigenvalue weighted by Crippen LogP contribution is 2.19. The maximum absolute atomic E-state index is 5.07. The summed E-state index contributed by atoms with van der Waals surface area (Å²) in [6, 6.07) is 14.8. The lowest BCUT2D eigenvalue weighted by molar-refractivity contribution is 0.415. The molecule has 0 unspecified atom stereocenters. The van der Waals surface area contributed by atoms with Crippen LogP contribution in [0.2, 0.25) is 0 Å². The molecule has 0 fully saturated rings. The SMILES string of the molecule is COc1ccc(/N=N/Nc2ccc(OC)cc2)cc1. The summed E-state index contributed by atoms with van der Waals surface area (Å²) in [5.41, 5.74) is 4.44. The largest absolute Gasteiger partial charge is 0.497 e. The fourth-order valence-electron chi connectivity index (χ4n) is 1.45.